The minimum Gasteiger partial charge on any atom is -0.375 e. The number of aryl methyl sites for hydroxylation is 1. The second-order valence-corrected chi connectivity index (χ2v) is 6.34. The zero-order valence-electron chi connectivity index (χ0n) is 15.1. The smallest absolute Gasteiger partial charge is 0.324 e. The Morgan fingerprint density at radius 2 is 1.85 bits per heavy atom. The van der Waals surface area contributed by atoms with Crippen LogP contribution in [0, 0.1) is 6.92 Å². The molecule has 0 unspecified atom stereocenters. The van der Waals surface area contributed by atoms with Gasteiger partial charge in [-0.3, -0.25) is 14.5 Å². The molecule has 7 heteroatoms. The summed E-state index contributed by atoms with van der Waals surface area (Å²) in [5.41, 5.74) is 3.17. The minimum absolute atomic E-state index is 0.0598. The second-order valence-electron chi connectivity index (χ2n) is 6.34. The van der Waals surface area contributed by atoms with Gasteiger partial charge in [-0.25, -0.2) is 4.79 Å². The standard InChI is InChI=1S/C20H22N4O3/c1-14-6-8-15(9-7-14)12-23-19(26)16-4-2-3-5-17(16)22-13-18(25)24-11-10-21-20(24)27/h2-9,22H,10-13H2,1H3,(H,21,27)(H,23,26). The number of anilines is 1. The third-order valence-corrected chi connectivity index (χ3v) is 4.33. The normalized spacial score (nSPS) is 13.2. The van der Waals surface area contributed by atoms with Crippen molar-refractivity contribution in [2.24, 2.45) is 0 Å². The number of carbonyl (C=O) groups is 3. The summed E-state index contributed by atoms with van der Waals surface area (Å²) < 4.78 is 0. The molecule has 1 aliphatic rings. The lowest BCUT2D eigenvalue weighted by molar-refractivity contribution is -0.125. The van der Waals surface area contributed by atoms with Crippen LogP contribution >= 0.6 is 0 Å². The first kappa shape index (κ1) is 18.4. The highest BCUT2D eigenvalue weighted by Crippen LogP contribution is 2.15. The summed E-state index contributed by atoms with van der Waals surface area (Å²) in [5.74, 6) is -0.565. The van der Waals surface area contributed by atoms with Crippen molar-refractivity contribution in [3.63, 3.8) is 0 Å². The quantitative estimate of drug-likeness (QED) is 0.728. The summed E-state index contributed by atoms with van der Waals surface area (Å²) >= 11 is 0. The molecule has 1 fully saturated rings. The van der Waals surface area contributed by atoms with Crippen LogP contribution in [-0.2, 0) is 11.3 Å². The molecule has 1 heterocycles. The number of amides is 4. The van der Waals surface area contributed by atoms with E-state index in [-0.39, 0.29) is 24.4 Å². The Morgan fingerprint density at radius 1 is 1.11 bits per heavy atom. The van der Waals surface area contributed by atoms with Crippen molar-refractivity contribution in [3.05, 3.63) is 65.2 Å². The second kappa shape index (κ2) is 8.35. The third-order valence-electron chi connectivity index (χ3n) is 4.33. The van der Waals surface area contributed by atoms with Crippen LogP contribution in [0.2, 0.25) is 0 Å². The van der Waals surface area contributed by atoms with Crippen LogP contribution in [0.5, 0.6) is 0 Å². The Kier molecular flexibility index (Phi) is 5.71. The topological polar surface area (TPSA) is 90.5 Å². The van der Waals surface area contributed by atoms with Crippen LogP contribution in [-0.4, -0.2) is 42.4 Å². The molecule has 0 atom stereocenters. The van der Waals surface area contributed by atoms with E-state index in [0.717, 1.165) is 16.0 Å². The first-order chi connectivity index (χ1) is 13.0. The van der Waals surface area contributed by atoms with Gasteiger partial charge in [-0.2, -0.15) is 0 Å². The number of benzene rings is 2. The fourth-order valence-electron chi connectivity index (χ4n) is 2.79. The van der Waals surface area contributed by atoms with Crippen molar-refractivity contribution < 1.29 is 14.4 Å². The average Bonchev–Trinajstić information content (AvgIpc) is 3.11. The molecule has 0 saturated carbocycles. The predicted octanol–water partition coefficient (Wildman–Crippen LogP) is 1.89. The number of imide groups is 1. The predicted molar refractivity (Wildman–Crippen MR) is 102 cm³/mol. The fourth-order valence-corrected chi connectivity index (χ4v) is 2.79. The summed E-state index contributed by atoms with van der Waals surface area (Å²) in [7, 11) is 0. The van der Waals surface area contributed by atoms with Gasteiger partial charge in [-0.05, 0) is 24.6 Å². The lowest BCUT2D eigenvalue weighted by atomic mass is 10.1. The molecule has 27 heavy (non-hydrogen) atoms. The van der Waals surface area contributed by atoms with Crippen molar-refractivity contribution in [2.75, 3.05) is 25.0 Å². The van der Waals surface area contributed by atoms with E-state index < -0.39 is 0 Å². The van der Waals surface area contributed by atoms with Gasteiger partial charge in [-0.15, -0.1) is 0 Å². The Morgan fingerprint density at radius 3 is 2.56 bits per heavy atom. The van der Waals surface area contributed by atoms with E-state index in [1.165, 1.54) is 0 Å². The lowest BCUT2D eigenvalue weighted by Crippen LogP contribution is -2.38. The number of urea groups is 1. The highest BCUT2D eigenvalue weighted by Gasteiger charge is 2.25. The SMILES string of the molecule is Cc1ccc(CNC(=O)c2ccccc2NCC(=O)N2CCNC2=O)cc1. The number of para-hydroxylation sites is 1. The molecule has 2 aromatic carbocycles. The van der Waals surface area contributed by atoms with Crippen molar-refractivity contribution in [2.45, 2.75) is 13.5 Å². The van der Waals surface area contributed by atoms with E-state index in [4.69, 9.17) is 0 Å². The maximum Gasteiger partial charge on any atom is 0.324 e. The van der Waals surface area contributed by atoms with E-state index in [0.29, 0.717) is 30.9 Å². The Bertz CT molecular complexity index is 849. The first-order valence-electron chi connectivity index (χ1n) is 8.79. The van der Waals surface area contributed by atoms with Gasteiger partial charge in [0.15, 0.2) is 0 Å². The summed E-state index contributed by atoms with van der Waals surface area (Å²) in [6.45, 7) is 3.19. The lowest BCUT2D eigenvalue weighted by Gasteiger charge is -2.15. The number of nitrogens with zero attached hydrogens (tertiary/aromatic N) is 1. The molecule has 0 aliphatic carbocycles. The van der Waals surface area contributed by atoms with Gasteiger partial charge in [0.2, 0.25) is 5.91 Å². The molecule has 140 valence electrons. The highest BCUT2D eigenvalue weighted by atomic mass is 16.2. The van der Waals surface area contributed by atoms with Gasteiger partial charge >= 0.3 is 6.03 Å². The van der Waals surface area contributed by atoms with Crippen molar-refractivity contribution in [1.29, 1.82) is 0 Å². The van der Waals surface area contributed by atoms with Crippen molar-refractivity contribution in [3.8, 4) is 0 Å². The molecule has 3 rings (SSSR count). The number of carbonyl (C=O) groups excluding carboxylic acids is 3. The summed E-state index contributed by atoms with van der Waals surface area (Å²) in [6.07, 6.45) is 0. The zero-order chi connectivity index (χ0) is 19.2. The highest BCUT2D eigenvalue weighted by molar-refractivity contribution is 6.01. The molecule has 1 aliphatic heterocycles. The van der Waals surface area contributed by atoms with Crippen molar-refractivity contribution in [1.82, 2.24) is 15.5 Å². The van der Waals surface area contributed by atoms with Gasteiger partial charge in [0.25, 0.3) is 5.91 Å². The number of rotatable bonds is 6. The van der Waals surface area contributed by atoms with Gasteiger partial charge in [-0.1, -0.05) is 42.0 Å². The summed E-state index contributed by atoms with van der Waals surface area (Å²) in [6, 6.07) is 14.5. The number of hydrogen-bond acceptors (Lipinski definition) is 4. The van der Waals surface area contributed by atoms with Crippen LogP contribution < -0.4 is 16.0 Å². The molecular weight excluding hydrogens is 344 g/mol. The molecule has 3 N–H and O–H groups in total. The van der Waals surface area contributed by atoms with Gasteiger partial charge in [0.1, 0.15) is 0 Å². The molecule has 0 radical (unpaired) electrons. The fraction of sp³-hybridized carbons (Fsp3) is 0.250. The molecular formula is C20H22N4O3. The van der Waals surface area contributed by atoms with Crippen molar-refractivity contribution >= 4 is 23.5 Å². The van der Waals surface area contributed by atoms with Crippen LogP contribution in [0.1, 0.15) is 21.5 Å². The molecule has 4 amide bonds. The summed E-state index contributed by atoms with van der Waals surface area (Å²) in [4.78, 5) is 37.4. The van der Waals surface area contributed by atoms with Crippen LogP contribution in [0.4, 0.5) is 10.5 Å². The van der Waals surface area contributed by atoms with Gasteiger partial charge < -0.3 is 16.0 Å². The van der Waals surface area contributed by atoms with Gasteiger partial charge in [0.05, 0.1) is 12.1 Å². The Hall–Kier alpha value is -3.35. The van der Waals surface area contributed by atoms with E-state index in [2.05, 4.69) is 16.0 Å². The average molecular weight is 366 g/mol. The molecule has 1 saturated heterocycles. The first-order valence-corrected chi connectivity index (χ1v) is 8.79. The third kappa shape index (κ3) is 4.63. The zero-order valence-corrected chi connectivity index (χ0v) is 15.1. The van der Waals surface area contributed by atoms with E-state index in [1.807, 2.05) is 31.2 Å². The van der Waals surface area contributed by atoms with Crippen LogP contribution in [0.3, 0.4) is 0 Å². The van der Waals surface area contributed by atoms with Crippen LogP contribution in [0.25, 0.3) is 0 Å². The minimum atomic E-state index is -0.383. The Balaban J connectivity index is 1.60. The Labute approximate surface area is 157 Å². The van der Waals surface area contributed by atoms with Crippen LogP contribution in [0.15, 0.2) is 48.5 Å². The maximum atomic E-state index is 12.5. The number of nitrogens with one attached hydrogen (secondary N) is 3. The largest absolute Gasteiger partial charge is 0.375 e. The van der Waals surface area contributed by atoms with Gasteiger partial charge in [0, 0.05) is 25.3 Å². The molecule has 0 aromatic heterocycles. The monoisotopic (exact) mass is 366 g/mol. The molecule has 0 bridgehead atoms. The molecule has 7 nitrogen and oxygen atoms in total. The number of hydrogen-bond donors (Lipinski definition) is 3. The summed E-state index contributed by atoms with van der Waals surface area (Å²) in [5, 5.41) is 8.44. The molecule has 2 aromatic rings. The van der Waals surface area contributed by atoms with E-state index in [1.54, 1.807) is 24.3 Å². The molecule has 0 spiro atoms. The van der Waals surface area contributed by atoms with E-state index >= 15 is 0 Å². The van der Waals surface area contributed by atoms with E-state index in [9.17, 15) is 14.4 Å². The maximum absolute atomic E-state index is 12.5.